The Morgan fingerprint density at radius 2 is 1.96 bits per heavy atom. The number of rotatable bonds is 7. The molecule has 1 heterocycles. The van der Waals surface area contributed by atoms with Gasteiger partial charge in [0.1, 0.15) is 0 Å². The molecular formula is C19H24N2O2. The zero-order valence-electron chi connectivity index (χ0n) is 14.0. The first-order valence-electron chi connectivity index (χ1n) is 7.88. The maximum absolute atomic E-state index is 12.5. The van der Waals surface area contributed by atoms with Gasteiger partial charge in [0.2, 0.25) is 0 Å². The molecule has 1 N–H and O–H groups in total. The molecule has 1 atom stereocenters. The van der Waals surface area contributed by atoms with Gasteiger partial charge in [-0.1, -0.05) is 32.0 Å². The Hall–Kier alpha value is -2.20. The topological polar surface area (TPSA) is 51.2 Å². The van der Waals surface area contributed by atoms with E-state index in [0.29, 0.717) is 18.1 Å². The average molecular weight is 312 g/mol. The van der Waals surface area contributed by atoms with Gasteiger partial charge in [-0.15, -0.1) is 0 Å². The van der Waals surface area contributed by atoms with Gasteiger partial charge in [-0.2, -0.15) is 0 Å². The van der Waals surface area contributed by atoms with E-state index in [1.54, 1.807) is 13.3 Å². The Morgan fingerprint density at radius 1 is 1.22 bits per heavy atom. The van der Waals surface area contributed by atoms with Gasteiger partial charge in [-0.25, -0.2) is 0 Å². The van der Waals surface area contributed by atoms with Crippen LogP contribution in [0, 0.1) is 5.92 Å². The number of pyridine rings is 1. The van der Waals surface area contributed by atoms with E-state index in [1.165, 1.54) is 0 Å². The van der Waals surface area contributed by atoms with E-state index >= 15 is 0 Å². The minimum absolute atomic E-state index is 0.0325. The second kappa shape index (κ2) is 8.44. The van der Waals surface area contributed by atoms with E-state index in [-0.39, 0.29) is 11.9 Å². The lowest BCUT2D eigenvalue weighted by Crippen LogP contribution is -2.29. The monoisotopic (exact) mass is 312 g/mol. The van der Waals surface area contributed by atoms with Crippen molar-refractivity contribution in [3.8, 4) is 0 Å². The SMILES string of the molecule is COCc1ccc(C(=O)N[C@H](CC(C)C)c2cccnc2)cc1. The fraction of sp³-hybridized carbons (Fsp3) is 0.368. The zero-order chi connectivity index (χ0) is 16.7. The number of nitrogens with zero attached hydrogens (tertiary/aromatic N) is 1. The van der Waals surface area contributed by atoms with Gasteiger partial charge in [-0.3, -0.25) is 9.78 Å². The number of nitrogens with one attached hydrogen (secondary N) is 1. The number of benzene rings is 1. The Balaban J connectivity index is 2.10. The molecule has 1 aromatic heterocycles. The molecule has 0 fully saturated rings. The summed E-state index contributed by atoms with van der Waals surface area (Å²) in [6.07, 6.45) is 4.43. The van der Waals surface area contributed by atoms with Crippen LogP contribution in [0.2, 0.25) is 0 Å². The van der Waals surface area contributed by atoms with Crippen LogP contribution in [-0.2, 0) is 11.3 Å². The molecule has 1 amide bonds. The average Bonchev–Trinajstić information content (AvgIpc) is 2.55. The lowest BCUT2D eigenvalue weighted by atomic mass is 9.97. The fourth-order valence-electron chi connectivity index (χ4n) is 2.49. The summed E-state index contributed by atoms with van der Waals surface area (Å²) in [5, 5.41) is 3.12. The second-order valence-electron chi connectivity index (χ2n) is 6.07. The summed E-state index contributed by atoms with van der Waals surface area (Å²) in [5.41, 5.74) is 2.74. The number of amides is 1. The quantitative estimate of drug-likeness (QED) is 0.847. The number of ether oxygens (including phenoxy) is 1. The maximum Gasteiger partial charge on any atom is 0.251 e. The van der Waals surface area contributed by atoms with Crippen molar-refractivity contribution in [1.29, 1.82) is 0 Å². The molecule has 0 radical (unpaired) electrons. The second-order valence-corrected chi connectivity index (χ2v) is 6.07. The third-order valence-corrected chi connectivity index (χ3v) is 3.63. The molecule has 2 rings (SSSR count). The first kappa shape index (κ1) is 17.2. The van der Waals surface area contributed by atoms with Crippen molar-refractivity contribution in [2.24, 2.45) is 5.92 Å². The number of hydrogen-bond acceptors (Lipinski definition) is 3. The van der Waals surface area contributed by atoms with E-state index in [2.05, 4.69) is 24.1 Å². The zero-order valence-corrected chi connectivity index (χ0v) is 14.0. The standard InChI is InChI=1S/C19H24N2O2/c1-14(2)11-18(17-5-4-10-20-12-17)21-19(22)16-8-6-15(7-9-16)13-23-3/h4-10,12,14,18H,11,13H2,1-3H3,(H,21,22)/t18-/m1/s1. The lowest BCUT2D eigenvalue weighted by Gasteiger charge is -2.21. The summed E-state index contributed by atoms with van der Waals surface area (Å²) in [6, 6.07) is 11.4. The number of carbonyl (C=O) groups is 1. The number of aromatic nitrogens is 1. The Morgan fingerprint density at radius 3 is 2.52 bits per heavy atom. The van der Waals surface area contributed by atoms with Gasteiger partial charge in [0.05, 0.1) is 12.6 Å². The third-order valence-electron chi connectivity index (χ3n) is 3.63. The van der Waals surface area contributed by atoms with E-state index in [4.69, 9.17) is 4.74 Å². The first-order chi connectivity index (χ1) is 11.1. The molecule has 0 bridgehead atoms. The van der Waals surface area contributed by atoms with Gasteiger partial charge in [0.25, 0.3) is 5.91 Å². The maximum atomic E-state index is 12.5. The molecule has 122 valence electrons. The van der Waals surface area contributed by atoms with Crippen LogP contribution >= 0.6 is 0 Å². The number of hydrogen-bond donors (Lipinski definition) is 1. The molecule has 1 aromatic carbocycles. The molecule has 0 aliphatic heterocycles. The van der Waals surface area contributed by atoms with Gasteiger partial charge < -0.3 is 10.1 Å². The number of carbonyl (C=O) groups excluding carboxylic acids is 1. The van der Waals surface area contributed by atoms with E-state index in [9.17, 15) is 4.79 Å². The highest BCUT2D eigenvalue weighted by Gasteiger charge is 2.17. The van der Waals surface area contributed by atoms with Crippen molar-refractivity contribution in [2.45, 2.75) is 32.9 Å². The summed E-state index contributed by atoms with van der Waals surface area (Å²) < 4.78 is 5.09. The summed E-state index contributed by atoms with van der Waals surface area (Å²) >= 11 is 0. The number of methoxy groups -OCH3 is 1. The molecule has 0 saturated carbocycles. The molecule has 0 aliphatic rings. The van der Waals surface area contributed by atoms with Gasteiger partial charge >= 0.3 is 0 Å². The highest BCUT2D eigenvalue weighted by molar-refractivity contribution is 5.94. The van der Waals surface area contributed by atoms with Crippen LogP contribution in [-0.4, -0.2) is 18.0 Å². The molecule has 0 unspecified atom stereocenters. The minimum Gasteiger partial charge on any atom is -0.380 e. The van der Waals surface area contributed by atoms with E-state index in [1.807, 2.05) is 42.6 Å². The molecule has 4 nitrogen and oxygen atoms in total. The van der Waals surface area contributed by atoms with Crippen molar-refractivity contribution < 1.29 is 9.53 Å². The summed E-state index contributed by atoms with van der Waals surface area (Å²) in [4.78, 5) is 16.7. The Kier molecular flexibility index (Phi) is 6.29. The molecule has 0 saturated heterocycles. The van der Waals surface area contributed by atoms with E-state index < -0.39 is 0 Å². The van der Waals surface area contributed by atoms with Crippen molar-refractivity contribution in [3.63, 3.8) is 0 Å². The van der Waals surface area contributed by atoms with Crippen LogP contribution in [0.3, 0.4) is 0 Å². The highest BCUT2D eigenvalue weighted by Crippen LogP contribution is 2.21. The summed E-state index contributed by atoms with van der Waals surface area (Å²) in [5.74, 6) is 0.410. The molecular weight excluding hydrogens is 288 g/mol. The summed E-state index contributed by atoms with van der Waals surface area (Å²) in [6.45, 7) is 4.84. The Bertz CT molecular complexity index is 609. The predicted octanol–water partition coefficient (Wildman–Crippen LogP) is 3.75. The lowest BCUT2D eigenvalue weighted by molar-refractivity contribution is 0.0932. The third kappa shape index (κ3) is 5.18. The van der Waals surface area contributed by atoms with Crippen molar-refractivity contribution in [2.75, 3.05) is 7.11 Å². The molecule has 2 aromatic rings. The molecule has 0 spiro atoms. The highest BCUT2D eigenvalue weighted by atomic mass is 16.5. The van der Waals surface area contributed by atoms with Gasteiger partial charge in [-0.05, 0) is 41.7 Å². The normalized spacial score (nSPS) is 12.2. The van der Waals surface area contributed by atoms with Crippen molar-refractivity contribution in [1.82, 2.24) is 10.3 Å². The van der Waals surface area contributed by atoms with Crippen LogP contribution in [0.4, 0.5) is 0 Å². The largest absolute Gasteiger partial charge is 0.380 e. The Labute approximate surface area is 137 Å². The molecule has 23 heavy (non-hydrogen) atoms. The van der Waals surface area contributed by atoms with Crippen LogP contribution in [0.15, 0.2) is 48.8 Å². The smallest absolute Gasteiger partial charge is 0.251 e. The van der Waals surface area contributed by atoms with Crippen molar-refractivity contribution in [3.05, 3.63) is 65.5 Å². The molecule has 0 aliphatic carbocycles. The van der Waals surface area contributed by atoms with Crippen LogP contribution in [0.25, 0.3) is 0 Å². The summed E-state index contributed by atoms with van der Waals surface area (Å²) in [7, 11) is 1.66. The molecule has 4 heteroatoms. The minimum atomic E-state index is -0.0662. The van der Waals surface area contributed by atoms with E-state index in [0.717, 1.165) is 17.5 Å². The van der Waals surface area contributed by atoms with Crippen LogP contribution in [0.5, 0.6) is 0 Å². The predicted molar refractivity (Wildman–Crippen MR) is 91.1 cm³/mol. The first-order valence-corrected chi connectivity index (χ1v) is 7.88. The van der Waals surface area contributed by atoms with Crippen LogP contribution in [0.1, 0.15) is 47.8 Å². The van der Waals surface area contributed by atoms with Gasteiger partial charge in [0, 0.05) is 25.1 Å². The van der Waals surface area contributed by atoms with Crippen LogP contribution < -0.4 is 5.32 Å². The van der Waals surface area contributed by atoms with Crippen molar-refractivity contribution >= 4 is 5.91 Å². The van der Waals surface area contributed by atoms with Gasteiger partial charge in [0.15, 0.2) is 0 Å². The fourth-order valence-corrected chi connectivity index (χ4v) is 2.49.